The molecule has 0 unspecified atom stereocenters. The van der Waals surface area contributed by atoms with E-state index in [0.717, 1.165) is 13.1 Å². The van der Waals surface area contributed by atoms with E-state index in [1.54, 1.807) is 0 Å². The minimum atomic E-state index is -0.815. The van der Waals surface area contributed by atoms with Gasteiger partial charge in [0.2, 0.25) is 0 Å². The number of rotatable bonds is 2. The Morgan fingerprint density at radius 3 is 2.88 bits per heavy atom. The van der Waals surface area contributed by atoms with Gasteiger partial charge in [0.15, 0.2) is 0 Å². The summed E-state index contributed by atoms with van der Waals surface area (Å²) in [7, 11) is 0. The summed E-state index contributed by atoms with van der Waals surface area (Å²) in [6.07, 6.45) is 2.66. The Balaban J connectivity index is 2.16. The lowest BCUT2D eigenvalue weighted by atomic mass is 9.92. The lowest BCUT2D eigenvalue weighted by Gasteiger charge is -2.32. The molecule has 2 heterocycles. The number of nitrogens with one attached hydrogen (secondary N) is 1. The predicted molar refractivity (Wildman–Crippen MR) is 60.6 cm³/mol. The van der Waals surface area contributed by atoms with Gasteiger partial charge in [-0.1, -0.05) is 11.6 Å². The maximum Gasteiger partial charge on any atom is 0.254 e. The first-order valence-corrected chi connectivity index (χ1v) is 5.62. The Hall–Kier alpha value is -0.910. The van der Waals surface area contributed by atoms with Crippen molar-refractivity contribution < 1.29 is 5.11 Å². The Morgan fingerprint density at radius 1 is 1.56 bits per heavy atom. The van der Waals surface area contributed by atoms with E-state index >= 15 is 0 Å². The van der Waals surface area contributed by atoms with E-state index in [2.05, 4.69) is 10.3 Å². The molecule has 5 nitrogen and oxygen atoms in total. The summed E-state index contributed by atoms with van der Waals surface area (Å²) in [5.41, 5.74) is -1.04. The lowest BCUT2D eigenvalue weighted by Crippen LogP contribution is -2.46. The molecule has 1 fully saturated rings. The molecule has 1 aliphatic rings. The second kappa shape index (κ2) is 4.53. The van der Waals surface area contributed by atoms with E-state index < -0.39 is 5.60 Å². The molecule has 2 rings (SSSR count). The van der Waals surface area contributed by atoms with Gasteiger partial charge >= 0.3 is 0 Å². The third kappa shape index (κ3) is 2.61. The van der Waals surface area contributed by atoms with E-state index in [4.69, 9.17) is 11.6 Å². The van der Waals surface area contributed by atoms with Gasteiger partial charge < -0.3 is 10.4 Å². The number of aromatic nitrogens is 2. The summed E-state index contributed by atoms with van der Waals surface area (Å²) < 4.78 is 1.40. The predicted octanol–water partition coefficient (Wildman–Crippen LogP) is 0.0112. The van der Waals surface area contributed by atoms with Gasteiger partial charge in [-0.2, -0.15) is 0 Å². The summed E-state index contributed by atoms with van der Waals surface area (Å²) in [6.45, 7) is 1.82. The molecule has 6 heteroatoms. The SMILES string of the molecule is O=c1cc(Cl)ncn1CC1(O)CCNCC1. The molecule has 88 valence electrons. The molecule has 1 aliphatic heterocycles. The van der Waals surface area contributed by atoms with Gasteiger partial charge in [-0.15, -0.1) is 0 Å². The van der Waals surface area contributed by atoms with E-state index in [-0.39, 0.29) is 17.3 Å². The van der Waals surface area contributed by atoms with E-state index in [9.17, 15) is 9.90 Å². The largest absolute Gasteiger partial charge is 0.388 e. The van der Waals surface area contributed by atoms with Crippen LogP contribution >= 0.6 is 11.6 Å². The zero-order valence-corrected chi connectivity index (χ0v) is 9.57. The quantitative estimate of drug-likeness (QED) is 0.719. The van der Waals surface area contributed by atoms with E-state index in [0.29, 0.717) is 12.8 Å². The average molecular weight is 244 g/mol. The maximum atomic E-state index is 11.6. The zero-order valence-electron chi connectivity index (χ0n) is 8.82. The van der Waals surface area contributed by atoms with E-state index in [1.165, 1.54) is 17.0 Å². The normalized spacial score (nSPS) is 19.6. The van der Waals surface area contributed by atoms with Crippen molar-refractivity contribution in [1.29, 1.82) is 0 Å². The van der Waals surface area contributed by atoms with Crippen molar-refractivity contribution in [3.8, 4) is 0 Å². The van der Waals surface area contributed by atoms with Crippen LogP contribution in [0.15, 0.2) is 17.2 Å². The minimum Gasteiger partial charge on any atom is -0.388 e. The second-order valence-electron chi connectivity index (χ2n) is 4.15. The van der Waals surface area contributed by atoms with Gasteiger partial charge in [-0.3, -0.25) is 9.36 Å². The highest BCUT2D eigenvalue weighted by molar-refractivity contribution is 6.29. The fourth-order valence-corrected chi connectivity index (χ4v) is 2.03. The number of aliphatic hydroxyl groups is 1. The second-order valence-corrected chi connectivity index (χ2v) is 4.54. The highest BCUT2D eigenvalue weighted by atomic mass is 35.5. The molecule has 0 spiro atoms. The fourth-order valence-electron chi connectivity index (χ4n) is 1.89. The molecule has 0 radical (unpaired) electrons. The highest BCUT2D eigenvalue weighted by Crippen LogP contribution is 2.19. The van der Waals surface area contributed by atoms with Crippen molar-refractivity contribution >= 4 is 11.6 Å². The van der Waals surface area contributed by atoms with Crippen molar-refractivity contribution in [2.24, 2.45) is 0 Å². The number of nitrogens with zero attached hydrogens (tertiary/aromatic N) is 2. The van der Waals surface area contributed by atoms with Crippen molar-refractivity contribution in [2.75, 3.05) is 13.1 Å². The summed E-state index contributed by atoms with van der Waals surface area (Å²) >= 11 is 5.60. The molecule has 0 saturated carbocycles. The Morgan fingerprint density at radius 2 is 2.25 bits per heavy atom. The van der Waals surface area contributed by atoms with Crippen LogP contribution in [0.5, 0.6) is 0 Å². The molecule has 1 aromatic rings. The van der Waals surface area contributed by atoms with E-state index in [1.807, 2.05) is 0 Å². The molecule has 16 heavy (non-hydrogen) atoms. The average Bonchev–Trinajstić information content (AvgIpc) is 2.23. The van der Waals surface area contributed by atoms with Crippen molar-refractivity contribution in [2.45, 2.75) is 25.0 Å². The molecule has 0 aliphatic carbocycles. The van der Waals surface area contributed by atoms with Crippen molar-refractivity contribution in [3.63, 3.8) is 0 Å². The van der Waals surface area contributed by atoms with Crippen molar-refractivity contribution in [3.05, 3.63) is 27.9 Å². The Labute approximate surface area is 98.1 Å². The van der Waals surface area contributed by atoms with Gasteiger partial charge in [0.05, 0.1) is 18.5 Å². The first-order valence-electron chi connectivity index (χ1n) is 5.24. The standard InChI is InChI=1S/C10H14ClN3O2/c11-8-5-9(15)14(7-13-8)6-10(16)1-3-12-4-2-10/h5,7,12,16H,1-4,6H2. The summed E-state index contributed by atoms with van der Waals surface area (Å²) in [4.78, 5) is 15.4. The lowest BCUT2D eigenvalue weighted by molar-refractivity contribution is -0.00641. The van der Waals surface area contributed by atoms with Crippen LogP contribution in [-0.4, -0.2) is 33.3 Å². The third-order valence-corrected chi connectivity index (χ3v) is 3.05. The zero-order chi connectivity index (χ0) is 11.6. The molecule has 1 aromatic heterocycles. The van der Waals surface area contributed by atoms with Gasteiger partial charge in [0.1, 0.15) is 5.15 Å². The minimum absolute atomic E-state index is 0.179. The number of piperidine rings is 1. The first-order chi connectivity index (χ1) is 7.59. The van der Waals surface area contributed by atoms with Crippen LogP contribution in [0, 0.1) is 0 Å². The van der Waals surface area contributed by atoms with Crippen LogP contribution in [0.4, 0.5) is 0 Å². The molecule has 1 saturated heterocycles. The maximum absolute atomic E-state index is 11.6. The van der Waals surface area contributed by atoms with Crippen LogP contribution in [0.25, 0.3) is 0 Å². The van der Waals surface area contributed by atoms with Crippen LogP contribution in [-0.2, 0) is 6.54 Å². The van der Waals surface area contributed by atoms with Crippen LogP contribution < -0.4 is 10.9 Å². The molecule has 0 bridgehead atoms. The number of hydrogen-bond acceptors (Lipinski definition) is 4. The van der Waals surface area contributed by atoms with Gasteiger partial charge in [-0.05, 0) is 25.9 Å². The highest BCUT2D eigenvalue weighted by Gasteiger charge is 2.29. The third-order valence-electron chi connectivity index (χ3n) is 2.85. The molecule has 0 aromatic carbocycles. The molecule has 2 N–H and O–H groups in total. The smallest absolute Gasteiger partial charge is 0.254 e. The summed E-state index contributed by atoms with van der Waals surface area (Å²) in [5.74, 6) is 0. The molecular weight excluding hydrogens is 230 g/mol. The van der Waals surface area contributed by atoms with Crippen molar-refractivity contribution in [1.82, 2.24) is 14.9 Å². The van der Waals surface area contributed by atoms with Crippen LogP contribution in [0.2, 0.25) is 5.15 Å². The molecular formula is C10H14ClN3O2. The fraction of sp³-hybridized carbons (Fsp3) is 0.600. The topological polar surface area (TPSA) is 67.2 Å². The Kier molecular flexibility index (Phi) is 3.28. The number of hydrogen-bond donors (Lipinski definition) is 2. The summed E-state index contributed by atoms with van der Waals surface area (Å²) in [6, 6.07) is 1.26. The monoisotopic (exact) mass is 243 g/mol. The summed E-state index contributed by atoms with van der Waals surface area (Å²) in [5, 5.41) is 13.6. The first kappa shape index (κ1) is 11.6. The van der Waals surface area contributed by atoms with Crippen LogP contribution in [0.3, 0.4) is 0 Å². The Bertz CT molecular complexity index is 426. The van der Waals surface area contributed by atoms with Crippen LogP contribution in [0.1, 0.15) is 12.8 Å². The van der Waals surface area contributed by atoms with Gasteiger partial charge in [0.25, 0.3) is 5.56 Å². The molecule has 0 amide bonds. The van der Waals surface area contributed by atoms with Gasteiger partial charge in [0, 0.05) is 6.07 Å². The van der Waals surface area contributed by atoms with Gasteiger partial charge in [-0.25, -0.2) is 4.98 Å². The number of halogens is 1. The molecule has 0 atom stereocenters.